The molecule has 2 aromatic rings. The summed E-state index contributed by atoms with van der Waals surface area (Å²) in [7, 11) is 0. The van der Waals surface area contributed by atoms with E-state index >= 15 is 0 Å². The molecular formula is C14H16BrN3S. The standard InChI is InChI=1S/C14H16BrN3S/c15-9-3-4-13-11(6-9)14(12(16)8-17-13)18-7-10-2-1-5-19-10/h3-4,6,8,10H,1-2,5,7,16H2,(H,17,18). The van der Waals surface area contributed by atoms with Crippen molar-refractivity contribution >= 4 is 50.0 Å². The molecule has 5 heteroatoms. The molecule has 1 saturated heterocycles. The van der Waals surface area contributed by atoms with Gasteiger partial charge in [-0.2, -0.15) is 11.8 Å². The van der Waals surface area contributed by atoms with Crippen LogP contribution in [0.2, 0.25) is 0 Å². The zero-order valence-corrected chi connectivity index (χ0v) is 12.9. The summed E-state index contributed by atoms with van der Waals surface area (Å²) in [4.78, 5) is 4.37. The van der Waals surface area contributed by atoms with Crippen LogP contribution in [0.4, 0.5) is 11.4 Å². The van der Waals surface area contributed by atoms with Crippen molar-refractivity contribution in [1.82, 2.24) is 4.98 Å². The summed E-state index contributed by atoms with van der Waals surface area (Å²) < 4.78 is 1.05. The van der Waals surface area contributed by atoms with Crippen LogP contribution in [0.1, 0.15) is 12.8 Å². The Hall–Kier alpha value is -0.940. The van der Waals surface area contributed by atoms with Crippen LogP contribution in [0.5, 0.6) is 0 Å². The van der Waals surface area contributed by atoms with Gasteiger partial charge in [-0.3, -0.25) is 4.98 Å². The van der Waals surface area contributed by atoms with Gasteiger partial charge in [0, 0.05) is 21.7 Å². The number of hydrogen-bond donors (Lipinski definition) is 2. The molecule has 0 amide bonds. The number of nitrogens with two attached hydrogens (primary N) is 1. The monoisotopic (exact) mass is 337 g/mol. The minimum Gasteiger partial charge on any atom is -0.396 e. The number of halogens is 1. The highest BCUT2D eigenvalue weighted by atomic mass is 79.9. The number of nitrogens with zero attached hydrogens (tertiary/aromatic N) is 1. The molecule has 3 nitrogen and oxygen atoms in total. The van der Waals surface area contributed by atoms with E-state index < -0.39 is 0 Å². The van der Waals surface area contributed by atoms with Crippen molar-refractivity contribution in [2.75, 3.05) is 23.3 Å². The lowest BCUT2D eigenvalue weighted by Crippen LogP contribution is -2.15. The molecule has 0 saturated carbocycles. The Morgan fingerprint density at radius 3 is 3.16 bits per heavy atom. The van der Waals surface area contributed by atoms with Gasteiger partial charge in [-0.05, 0) is 36.8 Å². The van der Waals surface area contributed by atoms with E-state index in [1.54, 1.807) is 6.20 Å². The van der Waals surface area contributed by atoms with E-state index in [1.807, 2.05) is 23.9 Å². The molecule has 3 N–H and O–H groups in total. The number of hydrogen-bond acceptors (Lipinski definition) is 4. The number of fused-ring (bicyclic) bond motifs is 1. The van der Waals surface area contributed by atoms with Gasteiger partial charge in [0.25, 0.3) is 0 Å². The first-order valence-corrected chi connectivity index (χ1v) is 8.27. The minimum atomic E-state index is 0.703. The summed E-state index contributed by atoms with van der Waals surface area (Å²) in [6, 6.07) is 6.08. The van der Waals surface area contributed by atoms with Crippen LogP contribution in [0, 0.1) is 0 Å². The van der Waals surface area contributed by atoms with Gasteiger partial charge in [0.05, 0.1) is 23.1 Å². The molecule has 0 spiro atoms. The number of thioether (sulfide) groups is 1. The molecule has 3 rings (SSSR count). The van der Waals surface area contributed by atoms with Gasteiger partial charge in [0.2, 0.25) is 0 Å². The number of nitrogen functional groups attached to an aromatic ring is 1. The maximum absolute atomic E-state index is 6.07. The van der Waals surface area contributed by atoms with Crippen LogP contribution in [0.15, 0.2) is 28.9 Å². The lowest BCUT2D eigenvalue weighted by atomic mass is 10.1. The fraction of sp³-hybridized carbons (Fsp3) is 0.357. The van der Waals surface area contributed by atoms with Gasteiger partial charge in [0.1, 0.15) is 0 Å². The van der Waals surface area contributed by atoms with Gasteiger partial charge in [0.15, 0.2) is 0 Å². The van der Waals surface area contributed by atoms with Crippen LogP contribution in [0.3, 0.4) is 0 Å². The van der Waals surface area contributed by atoms with E-state index in [0.29, 0.717) is 10.9 Å². The number of benzene rings is 1. The summed E-state index contributed by atoms with van der Waals surface area (Å²) in [5, 5.41) is 5.30. The SMILES string of the molecule is Nc1cnc2ccc(Br)cc2c1NCC1CCCS1. The zero-order chi connectivity index (χ0) is 13.2. The van der Waals surface area contributed by atoms with E-state index in [-0.39, 0.29) is 0 Å². The molecule has 1 aliphatic heterocycles. The maximum atomic E-state index is 6.07. The molecule has 1 unspecified atom stereocenters. The van der Waals surface area contributed by atoms with E-state index in [1.165, 1.54) is 18.6 Å². The Labute approximate surface area is 125 Å². The van der Waals surface area contributed by atoms with Crippen molar-refractivity contribution in [2.45, 2.75) is 18.1 Å². The molecule has 1 fully saturated rings. The fourth-order valence-electron chi connectivity index (χ4n) is 2.40. The smallest absolute Gasteiger partial charge is 0.0743 e. The molecule has 100 valence electrons. The Kier molecular flexibility index (Phi) is 3.84. The van der Waals surface area contributed by atoms with Gasteiger partial charge in [-0.1, -0.05) is 15.9 Å². The average molecular weight is 338 g/mol. The first kappa shape index (κ1) is 13.1. The Bertz CT molecular complexity index is 591. The topological polar surface area (TPSA) is 50.9 Å². The number of nitrogens with one attached hydrogen (secondary N) is 1. The van der Waals surface area contributed by atoms with E-state index in [2.05, 4.69) is 32.3 Å². The molecule has 0 aliphatic carbocycles. The summed E-state index contributed by atoms with van der Waals surface area (Å²) in [5.74, 6) is 1.28. The van der Waals surface area contributed by atoms with Crippen molar-refractivity contribution in [1.29, 1.82) is 0 Å². The van der Waals surface area contributed by atoms with Gasteiger partial charge < -0.3 is 11.1 Å². The Morgan fingerprint density at radius 2 is 2.37 bits per heavy atom. The quantitative estimate of drug-likeness (QED) is 0.892. The van der Waals surface area contributed by atoms with Crippen molar-refractivity contribution < 1.29 is 0 Å². The highest BCUT2D eigenvalue weighted by Gasteiger charge is 2.16. The largest absolute Gasteiger partial charge is 0.396 e. The highest BCUT2D eigenvalue weighted by Crippen LogP contribution is 2.32. The van der Waals surface area contributed by atoms with Crippen molar-refractivity contribution in [3.8, 4) is 0 Å². The Balaban J connectivity index is 1.91. The molecule has 1 aromatic carbocycles. The first-order valence-electron chi connectivity index (χ1n) is 6.43. The molecule has 0 bridgehead atoms. The predicted octanol–water partition coefficient (Wildman–Crippen LogP) is 3.89. The van der Waals surface area contributed by atoms with Crippen LogP contribution >= 0.6 is 27.7 Å². The second-order valence-corrected chi connectivity index (χ2v) is 7.09. The zero-order valence-electron chi connectivity index (χ0n) is 10.5. The van der Waals surface area contributed by atoms with E-state index in [9.17, 15) is 0 Å². The predicted molar refractivity (Wildman–Crippen MR) is 87.8 cm³/mol. The normalized spacial score (nSPS) is 18.9. The molecular weight excluding hydrogens is 322 g/mol. The molecule has 19 heavy (non-hydrogen) atoms. The second-order valence-electron chi connectivity index (χ2n) is 4.77. The highest BCUT2D eigenvalue weighted by molar-refractivity contribution is 9.10. The lowest BCUT2D eigenvalue weighted by molar-refractivity contribution is 0.806. The summed E-state index contributed by atoms with van der Waals surface area (Å²) in [5.41, 5.74) is 8.77. The lowest BCUT2D eigenvalue weighted by Gasteiger charge is -2.15. The summed E-state index contributed by atoms with van der Waals surface area (Å²) in [6.45, 7) is 0.973. The first-order chi connectivity index (χ1) is 9.24. The number of anilines is 2. The number of aromatic nitrogens is 1. The van der Waals surface area contributed by atoms with Crippen molar-refractivity contribution in [3.05, 3.63) is 28.9 Å². The fourth-order valence-corrected chi connectivity index (χ4v) is 3.96. The molecule has 1 aliphatic rings. The Morgan fingerprint density at radius 1 is 1.47 bits per heavy atom. The van der Waals surface area contributed by atoms with Crippen LogP contribution in [-0.4, -0.2) is 22.5 Å². The van der Waals surface area contributed by atoms with Crippen molar-refractivity contribution in [3.63, 3.8) is 0 Å². The van der Waals surface area contributed by atoms with Crippen LogP contribution in [0.25, 0.3) is 10.9 Å². The minimum absolute atomic E-state index is 0.703. The molecule has 1 aromatic heterocycles. The molecule has 2 heterocycles. The van der Waals surface area contributed by atoms with Crippen LogP contribution in [-0.2, 0) is 0 Å². The van der Waals surface area contributed by atoms with Crippen LogP contribution < -0.4 is 11.1 Å². The number of pyridine rings is 1. The third kappa shape index (κ3) is 2.82. The number of rotatable bonds is 3. The third-order valence-electron chi connectivity index (χ3n) is 3.39. The van der Waals surface area contributed by atoms with Gasteiger partial charge >= 0.3 is 0 Å². The third-order valence-corrected chi connectivity index (χ3v) is 5.28. The van der Waals surface area contributed by atoms with Gasteiger partial charge in [-0.15, -0.1) is 0 Å². The van der Waals surface area contributed by atoms with E-state index in [0.717, 1.165) is 27.6 Å². The second kappa shape index (κ2) is 5.59. The summed E-state index contributed by atoms with van der Waals surface area (Å²) in [6.07, 6.45) is 4.36. The average Bonchev–Trinajstić information content (AvgIpc) is 2.91. The van der Waals surface area contributed by atoms with Gasteiger partial charge in [-0.25, -0.2) is 0 Å². The maximum Gasteiger partial charge on any atom is 0.0743 e. The molecule has 0 radical (unpaired) electrons. The van der Waals surface area contributed by atoms with Crippen molar-refractivity contribution in [2.24, 2.45) is 0 Å². The summed E-state index contributed by atoms with van der Waals surface area (Å²) >= 11 is 5.56. The van der Waals surface area contributed by atoms with E-state index in [4.69, 9.17) is 5.73 Å². The molecule has 1 atom stereocenters.